The second kappa shape index (κ2) is 7.26. The fraction of sp³-hybridized carbons (Fsp3) is 0.350. The molecule has 140 valence electrons. The summed E-state index contributed by atoms with van der Waals surface area (Å²) in [6.45, 7) is 12.0. The topological polar surface area (TPSA) is 82.5 Å². The third-order valence-corrected chi connectivity index (χ3v) is 4.55. The van der Waals surface area contributed by atoms with Gasteiger partial charge in [-0.05, 0) is 44.0 Å². The van der Waals surface area contributed by atoms with Crippen molar-refractivity contribution in [3.8, 4) is 22.8 Å². The summed E-state index contributed by atoms with van der Waals surface area (Å²) in [4.78, 5) is 13.5. The van der Waals surface area contributed by atoms with Crippen molar-refractivity contribution in [2.75, 3.05) is 0 Å². The summed E-state index contributed by atoms with van der Waals surface area (Å²) < 4.78 is 6.94. The molecule has 0 aromatic carbocycles. The number of hydrogen-bond donors (Lipinski definition) is 0. The Morgan fingerprint density at radius 3 is 2.41 bits per heavy atom. The highest BCUT2D eigenvalue weighted by molar-refractivity contribution is 5.92. The lowest BCUT2D eigenvalue weighted by atomic mass is 10.1. The molecule has 4 aromatic rings. The molecule has 0 aliphatic heterocycles. The molecule has 0 fully saturated rings. The Morgan fingerprint density at radius 2 is 1.74 bits per heavy atom. The van der Waals surface area contributed by atoms with Crippen LogP contribution in [0.25, 0.3) is 33.8 Å². The maximum Gasteiger partial charge on any atom is 0.223 e. The van der Waals surface area contributed by atoms with E-state index in [0.29, 0.717) is 11.7 Å². The first kappa shape index (κ1) is 18.7. The van der Waals surface area contributed by atoms with Gasteiger partial charge in [0.05, 0.1) is 11.2 Å². The summed E-state index contributed by atoms with van der Waals surface area (Å²) in [5.74, 6) is 1.07. The van der Waals surface area contributed by atoms with Crippen molar-refractivity contribution in [2.24, 2.45) is 7.05 Å². The second-order valence-electron chi connectivity index (χ2n) is 6.18. The van der Waals surface area contributed by atoms with Crippen molar-refractivity contribution >= 4 is 11.0 Å². The van der Waals surface area contributed by atoms with E-state index in [0.717, 1.165) is 33.7 Å². The minimum Gasteiger partial charge on any atom is -0.339 e. The van der Waals surface area contributed by atoms with Crippen LogP contribution in [0, 0.1) is 27.7 Å². The fourth-order valence-electron chi connectivity index (χ4n) is 3.03. The lowest BCUT2D eigenvalue weighted by molar-refractivity contribution is 0.394. The van der Waals surface area contributed by atoms with Gasteiger partial charge in [0.1, 0.15) is 11.2 Å². The van der Waals surface area contributed by atoms with Gasteiger partial charge in [0.15, 0.2) is 0 Å². The number of aromatic nitrogens is 6. The van der Waals surface area contributed by atoms with Crippen molar-refractivity contribution < 1.29 is 4.52 Å². The molecule has 7 nitrogen and oxygen atoms in total. The summed E-state index contributed by atoms with van der Waals surface area (Å²) in [6, 6.07) is 3.77. The molecule has 0 amide bonds. The van der Waals surface area contributed by atoms with Gasteiger partial charge in [-0.1, -0.05) is 19.0 Å². The Kier molecular flexibility index (Phi) is 5.03. The first-order chi connectivity index (χ1) is 13.0. The first-order valence-electron chi connectivity index (χ1n) is 9.03. The quantitative estimate of drug-likeness (QED) is 0.526. The Balaban J connectivity index is 0.00000102. The van der Waals surface area contributed by atoms with Crippen LogP contribution >= 0.6 is 0 Å². The van der Waals surface area contributed by atoms with Crippen molar-refractivity contribution in [2.45, 2.75) is 41.5 Å². The van der Waals surface area contributed by atoms with E-state index < -0.39 is 0 Å². The molecule has 4 aromatic heterocycles. The smallest absolute Gasteiger partial charge is 0.223 e. The Bertz CT molecular complexity index is 1110. The van der Waals surface area contributed by atoms with Crippen LogP contribution in [0.2, 0.25) is 0 Å². The van der Waals surface area contributed by atoms with Gasteiger partial charge < -0.3 is 4.52 Å². The summed E-state index contributed by atoms with van der Waals surface area (Å²) in [7, 11) is 1.93. The molecule has 0 unspecified atom stereocenters. The molecule has 0 radical (unpaired) electrons. The molecule has 27 heavy (non-hydrogen) atoms. The van der Waals surface area contributed by atoms with Crippen LogP contribution in [0.5, 0.6) is 0 Å². The minimum absolute atomic E-state index is 0.528. The van der Waals surface area contributed by atoms with Crippen molar-refractivity contribution in [1.82, 2.24) is 29.9 Å². The molecule has 0 aliphatic carbocycles. The number of hydrogen-bond acceptors (Lipinski definition) is 6. The lowest BCUT2D eigenvalue weighted by Crippen LogP contribution is -1.96. The average molecular weight is 364 g/mol. The van der Waals surface area contributed by atoms with Gasteiger partial charge in [0.2, 0.25) is 11.7 Å². The van der Waals surface area contributed by atoms with E-state index in [1.54, 1.807) is 13.1 Å². The molecule has 4 rings (SSSR count). The largest absolute Gasteiger partial charge is 0.339 e. The van der Waals surface area contributed by atoms with Crippen LogP contribution in [0.4, 0.5) is 0 Å². The lowest BCUT2D eigenvalue weighted by Gasteiger charge is -2.06. The molecule has 0 aliphatic rings. The normalized spacial score (nSPS) is 10.8. The van der Waals surface area contributed by atoms with Crippen LogP contribution in [-0.2, 0) is 7.05 Å². The molecule has 0 N–H and O–H groups in total. The summed E-state index contributed by atoms with van der Waals surface area (Å²) in [6.07, 6.45) is 1.73. The van der Waals surface area contributed by atoms with Gasteiger partial charge in [-0.15, -0.1) is 0 Å². The van der Waals surface area contributed by atoms with Crippen LogP contribution in [0.3, 0.4) is 0 Å². The number of nitrogens with zero attached hydrogens (tertiary/aromatic N) is 6. The zero-order valence-electron chi connectivity index (χ0n) is 16.8. The minimum atomic E-state index is 0.528. The van der Waals surface area contributed by atoms with Crippen LogP contribution in [-0.4, -0.2) is 29.9 Å². The molecular weight excluding hydrogens is 340 g/mol. The third kappa shape index (κ3) is 3.20. The Morgan fingerprint density at radius 1 is 1.00 bits per heavy atom. The SMILES string of the molecule is CC.Cc1nc(-c2ccnc(-c3nn(C)c4c(C)c(C)c(C)nc34)c2)no1. The molecule has 0 spiro atoms. The van der Waals surface area contributed by atoms with E-state index in [-0.39, 0.29) is 0 Å². The molecule has 7 heteroatoms. The van der Waals surface area contributed by atoms with Crippen LogP contribution in [0.15, 0.2) is 22.9 Å². The first-order valence-corrected chi connectivity index (χ1v) is 9.03. The fourth-order valence-corrected chi connectivity index (χ4v) is 3.03. The van der Waals surface area contributed by atoms with Crippen molar-refractivity contribution in [1.29, 1.82) is 0 Å². The zero-order chi connectivity index (χ0) is 19.7. The number of pyridine rings is 2. The molecule has 4 heterocycles. The van der Waals surface area contributed by atoms with E-state index in [4.69, 9.17) is 9.51 Å². The van der Waals surface area contributed by atoms with Gasteiger partial charge in [0, 0.05) is 31.4 Å². The highest BCUT2D eigenvalue weighted by atomic mass is 16.5. The second-order valence-corrected chi connectivity index (χ2v) is 6.18. The summed E-state index contributed by atoms with van der Waals surface area (Å²) >= 11 is 0. The van der Waals surface area contributed by atoms with Crippen molar-refractivity contribution in [3.63, 3.8) is 0 Å². The third-order valence-electron chi connectivity index (χ3n) is 4.55. The van der Waals surface area contributed by atoms with Gasteiger partial charge in [-0.3, -0.25) is 9.67 Å². The predicted octanol–water partition coefficient (Wildman–Crippen LogP) is 4.34. The van der Waals surface area contributed by atoms with Gasteiger partial charge in [0.25, 0.3) is 0 Å². The molecule has 0 atom stereocenters. The van der Waals surface area contributed by atoms with Crippen molar-refractivity contribution in [3.05, 3.63) is 41.0 Å². The highest BCUT2D eigenvalue weighted by Gasteiger charge is 2.18. The average Bonchev–Trinajstić information content (AvgIpc) is 3.25. The van der Waals surface area contributed by atoms with E-state index in [1.807, 2.05) is 44.6 Å². The number of aryl methyl sites for hydroxylation is 4. The number of fused-ring (bicyclic) bond motifs is 1. The molecule has 0 saturated heterocycles. The van der Waals surface area contributed by atoms with Gasteiger partial charge in [-0.25, -0.2) is 4.98 Å². The van der Waals surface area contributed by atoms with E-state index in [1.165, 1.54) is 11.1 Å². The van der Waals surface area contributed by atoms with E-state index in [9.17, 15) is 0 Å². The number of rotatable bonds is 2. The Hall–Kier alpha value is -3.09. The monoisotopic (exact) mass is 364 g/mol. The molecule has 0 saturated carbocycles. The highest BCUT2D eigenvalue weighted by Crippen LogP contribution is 2.30. The van der Waals surface area contributed by atoms with E-state index in [2.05, 4.69) is 34.1 Å². The Labute approximate surface area is 158 Å². The zero-order valence-corrected chi connectivity index (χ0v) is 16.8. The maximum absolute atomic E-state index is 5.07. The van der Waals surface area contributed by atoms with Gasteiger partial charge in [-0.2, -0.15) is 10.1 Å². The van der Waals surface area contributed by atoms with Crippen LogP contribution < -0.4 is 0 Å². The van der Waals surface area contributed by atoms with E-state index >= 15 is 0 Å². The predicted molar refractivity (Wildman–Crippen MR) is 105 cm³/mol. The molecule has 0 bridgehead atoms. The maximum atomic E-state index is 5.07. The van der Waals surface area contributed by atoms with Crippen LogP contribution in [0.1, 0.15) is 36.6 Å². The standard InChI is InChI=1S/C18H18N6O.C2H6/c1-9-10(2)17-16(20-11(9)3)15(22-24(17)5)14-8-13(6-7-19-14)18-21-12(4)25-23-18;1-2/h6-8H,1-5H3;1-2H3. The summed E-state index contributed by atoms with van der Waals surface area (Å²) in [5.41, 5.74) is 7.59. The summed E-state index contributed by atoms with van der Waals surface area (Å²) in [5, 5.41) is 8.64. The van der Waals surface area contributed by atoms with Gasteiger partial charge >= 0.3 is 0 Å². The molecular formula is C20H24N6O.